The largest absolute Gasteiger partial charge is 0.234 e. The highest BCUT2D eigenvalue weighted by Gasteiger charge is 2.02. The molecule has 0 atom stereocenters. The van der Waals surface area contributed by atoms with E-state index < -0.39 is 0 Å². The van der Waals surface area contributed by atoms with Crippen LogP contribution in [0.15, 0.2) is 4.34 Å². The average molecular weight is 170 g/mol. The lowest BCUT2D eigenvalue weighted by atomic mass is 10.4. The summed E-state index contributed by atoms with van der Waals surface area (Å²) in [7, 11) is 0. The van der Waals surface area contributed by atoms with Crippen LogP contribution in [-0.4, -0.2) is 4.98 Å². The highest BCUT2D eigenvalue weighted by Crippen LogP contribution is 2.24. The first-order valence-electron chi connectivity index (χ1n) is 2.74. The second-order valence-electron chi connectivity index (χ2n) is 1.81. The van der Waals surface area contributed by atoms with E-state index in [0.29, 0.717) is 0 Å². The number of aryl methyl sites for hydroxylation is 2. The summed E-state index contributed by atoms with van der Waals surface area (Å²) in [5, 5.41) is 10.3. The topological polar surface area (TPSA) is 36.7 Å². The SMILES string of the molecule is Cc1nc(SC#N)sc1C. The molecule has 1 aromatic rings. The number of rotatable bonds is 1. The Morgan fingerprint density at radius 1 is 1.60 bits per heavy atom. The molecule has 0 bridgehead atoms. The van der Waals surface area contributed by atoms with E-state index in [9.17, 15) is 0 Å². The molecule has 0 aliphatic carbocycles. The molecule has 52 valence electrons. The van der Waals surface area contributed by atoms with E-state index in [1.165, 1.54) is 4.88 Å². The molecule has 1 aromatic heterocycles. The van der Waals surface area contributed by atoms with Crippen LogP contribution in [0.3, 0.4) is 0 Å². The van der Waals surface area contributed by atoms with Crippen LogP contribution in [-0.2, 0) is 0 Å². The molecule has 0 radical (unpaired) electrons. The molecular weight excluding hydrogens is 164 g/mol. The Balaban J connectivity index is 2.90. The van der Waals surface area contributed by atoms with Crippen molar-refractivity contribution in [2.75, 3.05) is 0 Å². The second kappa shape index (κ2) is 3.04. The van der Waals surface area contributed by atoms with Gasteiger partial charge < -0.3 is 0 Å². The van der Waals surface area contributed by atoms with Gasteiger partial charge in [-0.25, -0.2) is 4.98 Å². The minimum Gasteiger partial charge on any atom is -0.234 e. The van der Waals surface area contributed by atoms with E-state index in [1.54, 1.807) is 11.3 Å². The third kappa shape index (κ3) is 1.49. The van der Waals surface area contributed by atoms with Crippen molar-refractivity contribution in [3.05, 3.63) is 10.6 Å². The zero-order valence-corrected chi connectivity index (χ0v) is 7.34. The van der Waals surface area contributed by atoms with Crippen molar-refractivity contribution < 1.29 is 0 Å². The third-order valence-corrected chi connectivity index (χ3v) is 2.87. The van der Waals surface area contributed by atoms with Crippen LogP contribution in [0.4, 0.5) is 0 Å². The van der Waals surface area contributed by atoms with E-state index in [1.807, 2.05) is 19.2 Å². The monoisotopic (exact) mass is 170 g/mol. The zero-order valence-electron chi connectivity index (χ0n) is 5.71. The van der Waals surface area contributed by atoms with Crippen LogP contribution in [0.25, 0.3) is 0 Å². The number of nitrogens with zero attached hydrogens (tertiary/aromatic N) is 2. The summed E-state index contributed by atoms with van der Waals surface area (Å²) in [5.41, 5.74) is 1.03. The lowest BCUT2D eigenvalue weighted by Gasteiger charge is -1.77. The Morgan fingerprint density at radius 3 is 2.70 bits per heavy atom. The summed E-state index contributed by atoms with van der Waals surface area (Å²) in [6.07, 6.45) is 0. The van der Waals surface area contributed by atoms with Gasteiger partial charge in [-0.05, 0) is 13.8 Å². The zero-order chi connectivity index (χ0) is 7.56. The van der Waals surface area contributed by atoms with Gasteiger partial charge in [0.15, 0.2) is 4.34 Å². The first-order chi connectivity index (χ1) is 4.74. The standard InChI is InChI=1S/C6H6N2S2/c1-4-5(2)10-6(8-4)9-3-7/h1-2H3. The molecule has 0 fully saturated rings. The first kappa shape index (κ1) is 7.58. The molecule has 0 saturated heterocycles. The molecule has 0 saturated carbocycles. The maximum Gasteiger partial charge on any atom is 0.164 e. The Bertz CT molecular complexity index is 252. The third-order valence-electron chi connectivity index (χ3n) is 1.14. The van der Waals surface area contributed by atoms with Crippen LogP contribution in [0.2, 0.25) is 0 Å². The van der Waals surface area contributed by atoms with Gasteiger partial charge in [0.2, 0.25) is 0 Å². The highest BCUT2D eigenvalue weighted by molar-refractivity contribution is 8.05. The van der Waals surface area contributed by atoms with Gasteiger partial charge in [0.1, 0.15) is 5.40 Å². The van der Waals surface area contributed by atoms with E-state index in [0.717, 1.165) is 21.8 Å². The number of aromatic nitrogens is 1. The van der Waals surface area contributed by atoms with Gasteiger partial charge in [-0.15, -0.1) is 11.3 Å². The van der Waals surface area contributed by atoms with E-state index in [-0.39, 0.29) is 0 Å². The summed E-state index contributed by atoms with van der Waals surface area (Å²) in [6, 6.07) is 0. The smallest absolute Gasteiger partial charge is 0.164 e. The van der Waals surface area contributed by atoms with Crippen LogP contribution in [0.5, 0.6) is 0 Å². The molecule has 0 amide bonds. The minimum atomic E-state index is 0.845. The quantitative estimate of drug-likeness (QED) is 0.479. The molecule has 1 heterocycles. The van der Waals surface area contributed by atoms with Crippen molar-refractivity contribution in [2.24, 2.45) is 0 Å². The molecule has 10 heavy (non-hydrogen) atoms. The maximum absolute atomic E-state index is 8.30. The second-order valence-corrected chi connectivity index (χ2v) is 4.05. The van der Waals surface area contributed by atoms with Crippen molar-refractivity contribution >= 4 is 23.1 Å². The van der Waals surface area contributed by atoms with Gasteiger partial charge >= 0.3 is 0 Å². The number of nitriles is 1. The number of thiocyanates is 1. The molecule has 1 rings (SSSR count). The summed E-state index contributed by atoms with van der Waals surface area (Å²) in [5.74, 6) is 0. The normalized spacial score (nSPS) is 9.30. The summed E-state index contributed by atoms with van der Waals surface area (Å²) < 4.78 is 0.845. The predicted molar refractivity (Wildman–Crippen MR) is 43.1 cm³/mol. The van der Waals surface area contributed by atoms with Gasteiger partial charge in [-0.1, -0.05) is 0 Å². The Morgan fingerprint density at radius 2 is 2.30 bits per heavy atom. The Kier molecular flexibility index (Phi) is 2.30. The molecular formula is C6H6N2S2. The van der Waals surface area contributed by atoms with Gasteiger partial charge in [-0.2, -0.15) is 5.26 Å². The lowest BCUT2D eigenvalue weighted by Crippen LogP contribution is -1.71. The number of hydrogen-bond acceptors (Lipinski definition) is 4. The Hall–Kier alpha value is -0.530. The van der Waals surface area contributed by atoms with Gasteiger partial charge in [0.25, 0.3) is 0 Å². The molecule has 0 aliphatic heterocycles. The van der Waals surface area contributed by atoms with Crippen molar-refractivity contribution in [2.45, 2.75) is 18.2 Å². The molecule has 4 heteroatoms. The van der Waals surface area contributed by atoms with Crippen LogP contribution in [0.1, 0.15) is 10.6 Å². The fourth-order valence-corrected chi connectivity index (χ4v) is 2.08. The van der Waals surface area contributed by atoms with E-state index in [4.69, 9.17) is 5.26 Å². The van der Waals surface area contributed by atoms with Gasteiger partial charge in [0.05, 0.1) is 5.69 Å². The van der Waals surface area contributed by atoms with E-state index in [2.05, 4.69) is 4.98 Å². The number of hydrogen-bond donors (Lipinski definition) is 0. The van der Waals surface area contributed by atoms with Gasteiger partial charge in [0, 0.05) is 16.6 Å². The fourth-order valence-electron chi connectivity index (χ4n) is 0.526. The lowest BCUT2D eigenvalue weighted by molar-refractivity contribution is 1.14. The molecule has 0 spiro atoms. The van der Waals surface area contributed by atoms with Crippen LogP contribution >= 0.6 is 23.1 Å². The number of thioether (sulfide) groups is 1. The molecule has 0 N–H and O–H groups in total. The first-order valence-corrected chi connectivity index (χ1v) is 4.37. The van der Waals surface area contributed by atoms with Crippen LogP contribution in [0, 0.1) is 24.5 Å². The highest BCUT2D eigenvalue weighted by atomic mass is 32.2. The summed E-state index contributed by atoms with van der Waals surface area (Å²) in [4.78, 5) is 5.35. The molecule has 0 aromatic carbocycles. The van der Waals surface area contributed by atoms with Gasteiger partial charge in [-0.3, -0.25) is 0 Å². The van der Waals surface area contributed by atoms with Crippen molar-refractivity contribution in [1.29, 1.82) is 5.26 Å². The maximum atomic E-state index is 8.30. The van der Waals surface area contributed by atoms with Crippen molar-refractivity contribution in [3.63, 3.8) is 0 Å². The average Bonchev–Trinajstić information content (AvgIpc) is 2.14. The van der Waals surface area contributed by atoms with Crippen molar-refractivity contribution in [1.82, 2.24) is 4.98 Å². The Labute approximate surface area is 67.9 Å². The summed E-state index contributed by atoms with van der Waals surface area (Å²) in [6.45, 7) is 3.96. The molecule has 0 aliphatic rings. The molecule has 0 unspecified atom stereocenters. The van der Waals surface area contributed by atoms with Crippen molar-refractivity contribution in [3.8, 4) is 5.40 Å². The summed E-state index contributed by atoms with van der Waals surface area (Å²) >= 11 is 2.69. The fraction of sp³-hybridized carbons (Fsp3) is 0.333. The number of thiazole rings is 1. The van der Waals surface area contributed by atoms with E-state index >= 15 is 0 Å². The molecule has 2 nitrogen and oxygen atoms in total. The van der Waals surface area contributed by atoms with Crippen LogP contribution < -0.4 is 0 Å². The minimum absolute atomic E-state index is 0.845. The predicted octanol–water partition coefficient (Wildman–Crippen LogP) is 2.33.